The van der Waals surface area contributed by atoms with Crippen LogP contribution >= 0.6 is 22.7 Å². The molecule has 2 aromatic carbocycles. The number of Topliss-reactive ketones (excluding diaryl/α,β-unsaturated/α-hetero) is 1. The molecule has 1 N–H and O–H groups in total. The van der Waals surface area contributed by atoms with Gasteiger partial charge in [-0.05, 0) is 66.1 Å². The molecule has 1 fully saturated rings. The highest BCUT2D eigenvalue weighted by Crippen LogP contribution is 2.45. The number of carbonyl (C=O) groups excluding carboxylic acids is 2. The molecular weight excluding hydrogens is 464 g/mol. The third-order valence-corrected chi connectivity index (χ3v) is 8.25. The molecule has 7 heteroatoms. The maximum absolute atomic E-state index is 13.3. The molecule has 0 aliphatic carbocycles. The third-order valence-electron chi connectivity index (χ3n) is 6.31. The molecule has 1 saturated heterocycles. The lowest BCUT2D eigenvalue weighted by atomic mass is 9.98. The predicted octanol–water partition coefficient (Wildman–Crippen LogP) is 6.72. The molecule has 5 rings (SSSR count). The van der Waals surface area contributed by atoms with Crippen molar-refractivity contribution in [2.75, 3.05) is 4.90 Å². The molecule has 1 aliphatic heterocycles. The molecule has 34 heavy (non-hydrogen) atoms. The van der Waals surface area contributed by atoms with Gasteiger partial charge in [-0.2, -0.15) is 0 Å². The van der Waals surface area contributed by atoms with Crippen molar-refractivity contribution in [3.8, 4) is 0 Å². The quantitative estimate of drug-likeness (QED) is 0.197. The minimum atomic E-state index is -0.730. The SMILES string of the molecule is Cc1ccc(/C(O)=C2\C(=O)C(=O)N(c3nc4ccc(C(C)C)cc4s3)C2c2cccs2)cc1C. The van der Waals surface area contributed by atoms with Gasteiger partial charge in [-0.1, -0.05) is 49.4 Å². The second kappa shape index (κ2) is 8.49. The molecule has 0 bridgehead atoms. The Morgan fingerprint density at radius 2 is 1.85 bits per heavy atom. The first-order valence-electron chi connectivity index (χ1n) is 11.1. The minimum absolute atomic E-state index is 0.0952. The molecule has 5 nitrogen and oxygen atoms in total. The van der Waals surface area contributed by atoms with Crippen molar-refractivity contribution in [3.63, 3.8) is 0 Å². The van der Waals surface area contributed by atoms with Crippen molar-refractivity contribution in [3.05, 3.63) is 86.6 Å². The molecule has 172 valence electrons. The number of thiophene rings is 1. The van der Waals surface area contributed by atoms with E-state index < -0.39 is 17.7 Å². The van der Waals surface area contributed by atoms with Crippen LogP contribution in [0.15, 0.2) is 59.5 Å². The number of thiazole rings is 1. The summed E-state index contributed by atoms with van der Waals surface area (Å²) in [5.41, 5.74) is 4.67. The second-order valence-corrected chi connectivity index (χ2v) is 10.9. The molecule has 1 atom stereocenters. The Bertz CT molecular complexity index is 1460. The fourth-order valence-corrected chi connectivity index (χ4v) is 6.05. The van der Waals surface area contributed by atoms with Gasteiger partial charge in [0.2, 0.25) is 0 Å². The maximum atomic E-state index is 13.3. The molecule has 4 aromatic rings. The number of nitrogens with zero attached hydrogens (tertiary/aromatic N) is 2. The first-order chi connectivity index (χ1) is 16.3. The zero-order chi connectivity index (χ0) is 24.1. The lowest BCUT2D eigenvalue weighted by Gasteiger charge is -2.21. The number of benzene rings is 2. The van der Waals surface area contributed by atoms with E-state index in [1.165, 1.54) is 33.1 Å². The molecule has 0 saturated carbocycles. The fraction of sp³-hybridized carbons (Fsp3) is 0.222. The number of amides is 1. The van der Waals surface area contributed by atoms with Crippen molar-refractivity contribution in [2.24, 2.45) is 0 Å². The fourth-order valence-electron chi connectivity index (χ4n) is 4.18. The molecular formula is C27H24N2O3S2. The summed E-state index contributed by atoms with van der Waals surface area (Å²) in [6.45, 7) is 8.20. The number of fused-ring (bicyclic) bond motifs is 1. The molecule has 0 radical (unpaired) electrons. The van der Waals surface area contributed by atoms with E-state index in [0.717, 1.165) is 26.2 Å². The van der Waals surface area contributed by atoms with Gasteiger partial charge in [0.25, 0.3) is 5.78 Å². The van der Waals surface area contributed by atoms with Crippen LogP contribution in [0.5, 0.6) is 0 Å². The van der Waals surface area contributed by atoms with Crippen molar-refractivity contribution in [1.29, 1.82) is 0 Å². The number of anilines is 1. The van der Waals surface area contributed by atoms with Crippen LogP contribution in [0.25, 0.3) is 16.0 Å². The van der Waals surface area contributed by atoms with Gasteiger partial charge in [-0.15, -0.1) is 11.3 Å². The van der Waals surface area contributed by atoms with E-state index in [4.69, 9.17) is 4.98 Å². The normalized spacial score (nSPS) is 17.9. The summed E-state index contributed by atoms with van der Waals surface area (Å²) >= 11 is 2.83. The van der Waals surface area contributed by atoms with E-state index in [0.29, 0.717) is 16.6 Å². The molecule has 0 spiro atoms. The Morgan fingerprint density at radius 3 is 2.53 bits per heavy atom. The molecule has 1 amide bonds. The number of aliphatic hydroxyl groups excluding tert-OH is 1. The number of carbonyl (C=O) groups is 2. The summed E-state index contributed by atoms with van der Waals surface area (Å²) in [7, 11) is 0. The first-order valence-corrected chi connectivity index (χ1v) is 12.8. The number of rotatable bonds is 4. The lowest BCUT2D eigenvalue weighted by molar-refractivity contribution is -0.132. The van der Waals surface area contributed by atoms with Gasteiger partial charge in [0, 0.05) is 10.4 Å². The van der Waals surface area contributed by atoms with Gasteiger partial charge in [-0.3, -0.25) is 14.5 Å². The van der Waals surface area contributed by atoms with Gasteiger partial charge >= 0.3 is 5.91 Å². The largest absolute Gasteiger partial charge is 0.507 e. The number of ketones is 1. The van der Waals surface area contributed by atoms with Gasteiger partial charge in [0.05, 0.1) is 15.8 Å². The smallest absolute Gasteiger partial charge is 0.301 e. The highest BCUT2D eigenvalue weighted by atomic mass is 32.1. The van der Waals surface area contributed by atoms with E-state index in [2.05, 4.69) is 19.9 Å². The van der Waals surface area contributed by atoms with Crippen LogP contribution in [0, 0.1) is 13.8 Å². The standard InChI is InChI=1S/C27H24N2O3S2/c1-14(2)17-9-10-19-21(13-17)34-27(28-19)29-23(20-6-5-11-33-20)22(25(31)26(29)32)24(30)18-8-7-15(3)16(4)12-18/h5-14,23,30H,1-4H3/b24-22+. The Morgan fingerprint density at radius 1 is 1.06 bits per heavy atom. The van der Waals surface area contributed by atoms with Crippen LogP contribution in [-0.4, -0.2) is 21.8 Å². The Balaban J connectivity index is 1.69. The topological polar surface area (TPSA) is 70.5 Å². The highest BCUT2D eigenvalue weighted by molar-refractivity contribution is 7.22. The van der Waals surface area contributed by atoms with Gasteiger partial charge in [-0.25, -0.2) is 4.98 Å². The Labute approximate surface area is 206 Å². The van der Waals surface area contributed by atoms with E-state index in [1.54, 1.807) is 6.07 Å². The highest BCUT2D eigenvalue weighted by Gasteiger charge is 2.48. The Hall–Kier alpha value is -3.29. The average Bonchev–Trinajstić information content (AvgIpc) is 3.53. The van der Waals surface area contributed by atoms with E-state index in [1.807, 2.05) is 55.6 Å². The summed E-state index contributed by atoms with van der Waals surface area (Å²) in [4.78, 5) is 33.6. The second-order valence-electron chi connectivity index (χ2n) is 8.86. The van der Waals surface area contributed by atoms with Crippen LogP contribution in [0.2, 0.25) is 0 Å². The number of aromatic nitrogens is 1. The first kappa shape index (κ1) is 22.5. The molecule has 2 aromatic heterocycles. The van der Waals surface area contributed by atoms with E-state index in [9.17, 15) is 14.7 Å². The van der Waals surface area contributed by atoms with Crippen molar-refractivity contribution < 1.29 is 14.7 Å². The van der Waals surface area contributed by atoms with Crippen LogP contribution in [0.3, 0.4) is 0 Å². The number of aliphatic hydroxyl groups is 1. The number of hydrogen-bond acceptors (Lipinski definition) is 6. The van der Waals surface area contributed by atoms with Crippen LogP contribution in [0.4, 0.5) is 5.13 Å². The average molecular weight is 489 g/mol. The zero-order valence-corrected chi connectivity index (χ0v) is 21.0. The maximum Gasteiger partial charge on any atom is 0.301 e. The van der Waals surface area contributed by atoms with Crippen molar-refractivity contribution in [2.45, 2.75) is 39.7 Å². The summed E-state index contributed by atoms with van der Waals surface area (Å²) in [5.74, 6) is -1.16. The van der Waals surface area contributed by atoms with Crippen LogP contribution < -0.4 is 4.90 Å². The monoisotopic (exact) mass is 488 g/mol. The van der Waals surface area contributed by atoms with Gasteiger partial charge in [0.1, 0.15) is 11.8 Å². The number of hydrogen-bond donors (Lipinski definition) is 1. The Kier molecular flexibility index (Phi) is 5.62. The van der Waals surface area contributed by atoms with Crippen molar-refractivity contribution in [1.82, 2.24) is 4.98 Å². The minimum Gasteiger partial charge on any atom is -0.507 e. The lowest BCUT2D eigenvalue weighted by Crippen LogP contribution is -2.28. The van der Waals surface area contributed by atoms with E-state index >= 15 is 0 Å². The van der Waals surface area contributed by atoms with Crippen molar-refractivity contribution >= 4 is 55.5 Å². The summed E-state index contributed by atoms with van der Waals surface area (Å²) in [6, 6.07) is 14.6. The molecule has 3 heterocycles. The van der Waals surface area contributed by atoms with E-state index in [-0.39, 0.29) is 11.3 Å². The van der Waals surface area contributed by atoms with Crippen LogP contribution in [-0.2, 0) is 9.59 Å². The summed E-state index contributed by atoms with van der Waals surface area (Å²) in [5, 5.41) is 13.6. The molecule has 1 unspecified atom stereocenters. The predicted molar refractivity (Wildman–Crippen MR) is 139 cm³/mol. The zero-order valence-electron chi connectivity index (χ0n) is 19.3. The van der Waals surface area contributed by atoms with Gasteiger partial charge in [0.15, 0.2) is 5.13 Å². The number of aryl methyl sites for hydroxylation is 2. The molecule has 1 aliphatic rings. The third kappa shape index (κ3) is 3.65. The van der Waals surface area contributed by atoms with Gasteiger partial charge < -0.3 is 5.11 Å². The summed E-state index contributed by atoms with van der Waals surface area (Å²) in [6.07, 6.45) is 0. The summed E-state index contributed by atoms with van der Waals surface area (Å²) < 4.78 is 0.960. The van der Waals surface area contributed by atoms with Crippen LogP contribution in [0.1, 0.15) is 52.9 Å².